The third-order valence-electron chi connectivity index (χ3n) is 4.98. The number of alkyl halides is 3. The number of aryl methyl sites for hydroxylation is 1. The second-order valence-corrected chi connectivity index (χ2v) is 8.71. The van der Waals surface area contributed by atoms with E-state index in [1.807, 2.05) is 0 Å². The quantitative estimate of drug-likeness (QED) is 0.404. The van der Waals surface area contributed by atoms with E-state index in [0.29, 0.717) is 13.0 Å². The molecule has 0 radical (unpaired) electrons. The number of hydrogen-bond donors (Lipinski definition) is 2. The van der Waals surface area contributed by atoms with Crippen molar-refractivity contribution in [3.63, 3.8) is 0 Å². The fourth-order valence-electron chi connectivity index (χ4n) is 3.24. The summed E-state index contributed by atoms with van der Waals surface area (Å²) in [6.45, 7) is 3.62. The van der Waals surface area contributed by atoms with Gasteiger partial charge in [-0.05, 0) is 45.0 Å². The monoisotopic (exact) mass is 517 g/mol. The van der Waals surface area contributed by atoms with Gasteiger partial charge in [0.1, 0.15) is 28.8 Å². The van der Waals surface area contributed by atoms with Gasteiger partial charge in [-0.25, -0.2) is 13.8 Å². The largest absolute Gasteiger partial charge is 0.480 e. The first-order valence-corrected chi connectivity index (χ1v) is 10.6. The zero-order valence-corrected chi connectivity index (χ0v) is 19.7. The average molecular weight is 518 g/mol. The first-order valence-electron chi connectivity index (χ1n) is 10.2. The third-order valence-corrected chi connectivity index (χ3v) is 5.29. The molecule has 1 atom stereocenters. The number of rotatable bonds is 6. The van der Waals surface area contributed by atoms with Gasteiger partial charge in [0.2, 0.25) is 0 Å². The lowest BCUT2D eigenvalue weighted by Crippen LogP contribution is -2.32. The molecule has 0 aliphatic heterocycles. The fourth-order valence-corrected chi connectivity index (χ4v) is 3.45. The van der Waals surface area contributed by atoms with E-state index in [-0.39, 0.29) is 22.1 Å². The number of para-hydroxylation sites is 1. The fraction of sp³-hybridized carbons (Fsp3) is 0.304. The smallest absolute Gasteiger partial charge is 0.425 e. The number of aromatic nitrogens is 2. The molecule has 2 N–H and O–H groups in total. The van der Waals surface area contributed by atoms with E-state index in [2.05, 4.69) is 10.3 Å². The number of carbonyl (C=O) groups is 1. The van der Waals surface area contributed by atoms with E-state index in [1.54, 1.807) is 7.05 Å². The molecule has 0 saturated heterocycles. The molecule has 0 fully saturated rings. The van der Waals surface area contributed by atoms with E-state index in [9.17, 15) is 27.5 Å². The Labute approximate surface area is 202 Å². The Morgan fingerprint density at radius 2 is 1.86 bits per heavy atom. The van der Waals surface area contributed by atoms with Crippen LogP contribution < -0.4 is 10.1 Å². The molecule has 0 saturated carbocycles. The Bertz CT molecular complexity index is 1250. The number of nitrogens with zero attached hydrogens (tertiary/aromatic N) is 2. The maximum absolute atomic E-state index is 15.1. The summed E-state index contributed by atoms with van der Waals surface area (Å²) in [5, 5.41) is 12.2. The van der Waals surface area contributed by atoms with E-state index in [4.69, 9.17) is 16.3 Å². The highest BCUT2D eigenvalue weighted by Gasteiger charge is 2.39. The summed E-state index contributed by atoms with van der Waals surface area (Å²) in [6.07, 6.45) is -5.79. The first kappa shape index (κ1) is 26.4. The minimum absolute atomic E-state index is 0.0178. The van der Waals surface area contributed by atoms with Crippen molar-refractivity contribution < 1.29 is 36.6 Å². The van der Waals surface area contributed by atoms with Crippen molar-refractivity contribution in [2.24, 2.45) is 7.05 Å². The summed E-state index contributed by atoms with van der Waals surface area (Å²) in [5.74, 6) is -3.52. The lowest BCUT2D eigenvalue weighted by molar-refractivity contribution is -0.189. The van der Waals surface area contributed by atoms with Crippen molar-refractivity contribution in [3.8, 4) is 17.0 Å². The van der Waals surface area contributed by atoms with Crippen LogP contribution in [0.25, 0.3) is 11.3 Å². The van der Waals surface area contributed by atoms with Crippen LogP contribution in [0.4, 0.5) is 27.6 Å². The van der Waals surface area contributed by atoms with Crippen LogP contribution in [0.2, 0.25) is 5.02 Å². The molecule has 12 heteroatoms. The zero-order chi connectivity index (χ0) is 26.3. The van der Waals surface area contributed by atoms with Crippen LogP contribution in [0.5, 0.6) is 5.75 Å². The number of benzene rings is 2. The number of imidazole rings is 1. The van der Waals surface area contributed by atoms with Gasteiger partial charge in [0, 0.05) is 18.8 Å². The van der Waals surface area contributed by atoms with Gasteiger partial charge in [-0.3, -0.25) is 4.79 Å². The molecule has 0 unspecified atom stereocenters. The van der Waals surface area contributed by atoms with Crippen molar-refractivity contribution in [1.82, 2.24) is 9.55 Å². The molecule has 3 aromatic rings. The summed E-state index contributed by atoms with van der Waals surface area (Å²) >= 11 is 5.90. The minimum Gasteiger partial charge on any atom is -0.480 e. The number of carbonyl (C=O) groups excluding carboxylic acids is 1. The summed E-state index contributed by atoms with van der Waals surface area (Å²) in [5.41, 5.74) is -2.75. The molecule has 1 heterocycles. The molecule has 2 aromatic carbocycles. The number of hydrogen-bond acceptors (Lipinski definition) is 4. The highest BCUT2D eigenvalue weighted by Crippen LogP contribution is 2.35. The number of halogens is 6. The molecule has 0 bridgehead atoms. The molecule has 35 heavy (non-hydrogen) atoms. The molecule has 188 valence electrons. The van der Waals surface area contributed by atoms with Crippen LogP contribution >= 0.6 is 11.6 Å². The van der Waals surface area contributed by atoms with E-state index in [0.717, 1.165) is 12.1 Å². The maximum atomic E-state index is 15.1. The van der Waals surface area contributed by atoms with Gasteiger partial charge in [0.15, 0.2) is 6.10 Å². The highest BCUT2D eigenvalue weighted by atomic mass is 35.5. The van der Waals surface area contributed by atoms with Crippen LogP contribution in [0.3, 0.4) is 0 Å². The first-order chi connectivity index (χ1) is 16.1. The van der Waals surface area contributed by atoms with Gasteiger partial charge in [0.05, 0.1) is 22.0 Å². The molecule has 3 rings (SSSR count). The summed E-state index contributed by atoms with van der Waals surface area (Å²) < 4.78 is 75.2. The van der Waals surface area contributed by atoms with Gasteiger partial charge in [-0.15, -0.1) is 0 Å². The van der Waals surface area contributed by atoms with Crippen LogP contribution in [0, 0.1) is 11.6 Å². The summed E-state index contributed by atoms with van der Waals surface area (Å²) in [6, 6.07) is 5.14. The van der Waals surface area contributed by atoms with Crippen molar-refractivity contribution in [2.45, 2.75) is 38.7 Å². The number of amides is 1. The van der Waals surface area contributed by atoms with Crippen LogP contribution in [0.1, 0.15) is 37.0 Å². The zero-order valence-electron chi connectivity index (χ0n) is 19.0. The second-order valence-electron chi connectivity index (χ2n) is 8.30. The summed E-state index contributed by atoms with van der Waals surface area (Å²) in [4.78, 5) is 17.0. The predicted octanol–water partition coefficient (Wildman–Crippen LogP) is 5.83. The van der Waals surface area contributed by atoms with E-state index >= 15 is 4.39 Å². The number of aliphatic hydroxyl groups is 1. The highest BCUT2D eigenvalue weighted by molar-refractivity contribution is 6.34. The molecular formula is C23H21ClF5N3O3. The van der Waals surface area contributed by atoms with Crippen molar-refractivity contribution in [2.75, 3.05) is 5.32 Å². The van der Waals surface area contributed by atoms with Gasteiger partial charge < -0.3 is 19.7 Å². The minimum atomic E-state index is -4.80. The van der Waals surface area contributed by atoms with Crippen molar-refractivity contribution in [1.29, 1.82) is 0 Å². The lowest BCUT2D eigenvalue weighted by atomic mass is 10.1. The molecule has 1 aromatic heterocycles. The second kappa shape index (κ2) is 9.46. The van der Waals surface area contributed by atoms with E-state index < -0.39 is 52.4 Å². The lowest BCUT2D eigenvalue weighted by Gasteiger charge is -2.20. The van der Waals surface area contributed by atoms with Gasteiger partial charge >= 0.3 is 6.18 Å². The molecule has 1 amide bonds. The Morgan fingerprint density at radius 3 is 2.40 bits per heavy atom. The molecule has 0 spiro atoms. The Kier molecular flexibility index (Phi) is 7.14. The standard InChI is InChI=1S/C23H21ClF5N3O3/c1-11(23(27,28)29)35-18-9-12(17-10-32(4)21(30-17)22(2,3)34)16(26)8-13(18)20(33)31-19-14(24)6-5-7-15(19)25/h5-11,34H,1-4H3,(H,31,33)/t11-/m0/s1. The average Bonchev–Trinajstić information content (AvgIpc) is 3.12. The Hall–Kier alpha value is -3.18. The third kappa shape index (κ3) is 5.73. The Balaban J connectivity index is 2.12. The van der Waals surface area contributed by atoms with Crippen LogP contribution in [0.15, 0.2) is 36.5 Å². The van der Waals surface area contributed by atoms with Crippen molar-refractivity contribution >= 4 is 23.2 Å². The normalized spacial score (nSPS) is 13.0. The number of ether oxygens (including phenoxy) is 1. The topological polar surface area (TPSA) is 76.4 Å². The predicted molar refractivity (Wildman–Crippen MR) is 119 cm³/mol. The van der Waals surface area contributed by atoms with Gasteiger partial charge in [0.25, 0.3) is 5.91 Å². The van der Waals surface area contributed by atoms with Gasteiger partial charge in [-0.2, -0.15) is 13.2 Å². The number of anilines is 1. The van der Waals surface area contributed by atoms with Gasteiger partial charge in [-0.1, -0.05) is 17.7 Å². The number of nitrogens with one attached hydrogen (secondary N) is 1. The Morgan fingerprint density at radius 1 is 1.20 bits per heavy atom. The molecular weight excluding hydrogens is 497 g/mol. The van der Waals surface area contributed by atoms with Crippen molar-refractivity contribution in [3.05, 3.63) is 64.6 Å². The van der Waals surface area contributed by atoms with Crippen LogP contribution in [-0.2, 0) is 12.6 Å². The van der Waals surface area contributed by atoms with E-state index in [1.165, 1.54) is 36.7 Å². The molecule has 6 nitrogen and oxygen atoms in total. The van der Waals surface area contributed by atoms with Crippen LogP contribution in [-0.4, -0.2) is 32.8 Å². The molecule has 0 aliphatic rings. The molecule has 0 aliphatic carbocycles. The maximum Gasteiger partial charge on any atom is 0.425 e. The summed E-state index contributed by atoms with van der Waals surface area (Å²) in [7, 11) is 1.55. The SMILES string of the molecule is C[C@H](Oc1cc(-c2cn(C)c(C(C)(C)O)n2)c(F)cc1C(=O)Nc1c(F)cccc1Cl)C(F)(F)F.